The highest BCUT2D eigenvalue weighted by atomic mass is 16.2. The van der Waals surface area contributed by atoms with E-state index in [1.807, 2.05) is 29.0 Å². The Bertz CT molecular complexity index is 1300. The summed E-state index contributed by atoms with van der Waals surface area (Å²) in [6, 6.07) is 6.49. The van der Waals surface area contributed by atoms with Crippen molar-refractivity contribution in [1.29, 1.82) is 5.26 Å². The van der Waals surface area contributed by atoms with Gasteiger partial charge in [0.15, 0.2) is 0 Å². The number of fused-ring (bicyclic) bond motifs is 3. The van der Waals surface area contributed by atoms with Crippen molar-refractivity contribution in [3.8, 4) is 6.19 Å². The molecule has 5 rings (SSSR count). The van der Waals surface area contributed by atoms with E-state index in [-0.39, 0.29) is 28.6 Å². The molecule has 0 radical (unpaired) electrons. The second-order valence-electron chi connectivity index (χ2n) is 12.6. The van der Waals surface area contributed by atoms with Crippen molar-refractivity contribution in [3.05, 3.63) is 30.1 Å². The van der Waals surface area contributed by atoms with Crippen molar-refractivity contribution < 1.29 is 9.59 Å². The Morgan fingerprint density at radius 1 is 1.21 bits per heavy atom. The second kappa shape index (κ2) is 10.0. The van der Waals surface area contributed by atoms with Crippen molar-refractivity contribution >= 4 is 28.7 Å². The van der Waals surface area contributed by atoms with Crippen LogP contribution in [-0.2, 0) is 16.1 Å². The van der Waals surface area contributed by atoms with Gasteiger partial charge in [-0.25, -0.2) is 4.98 Å². The number of nitriles is 1. The number of hydrogen-bond donors (Lipinski definition) is 1. The molecule has 2 unspecified atom stereocenters. The largest absolute Gasteiger partial charge is 0.354 e. The van der Waals surface area contributed by atoms with Crippen LogP contribution in [-0.4, -0.2) is 69.2 Å². The van der Waals surface area contributed by atoms with Crippen LogP contribution in [0.1, 0.15) is 65.4 Å². The second-order valence-corrected chi connectivity index (χ2v) is 12.6. The third-order valence-electron chi connectivity index (χ3n) is 8.69. The van der Waals surface area contributed by atoms with Gasteiger partial charge in [0.1, 0.15) is 5.84 Å². The van der Waals surface area contributed by atoms with E-state index in [0.717, 1.165) is 41.8 Å². The normalized spacial score (nSPS) is 25.4. The highest BCUT2D eigenvalue weighted by Gasteiger charge is 2.50. The number of amides is 2. The smallest absolute Gasteiger partial charge is 0.223 e. The highest BCUT2D eigenvalue weighted by Crippen LogP contribution is 2.52. The quantitative estimate of drug-likeness (QED) is 0.371. The highest BCUT2D eigenvalue weighted by molar-refractivity contribution is 6.02. The average molecular weight is 518 g/mol. The van der Waals surface area contributed by atoms with E-state index < -0.39 is 0 Å². The summed E-state index contributed by atoms with van der Waals surface area (Å²) in [6.45, 7) is 12.0. The molecule has 2 aliphatic heterocycles. The Hall–Kier alpha value is -3.41. The Balaban J connectivity index is 1.24. The molecule has 2 bridgehead atoms. The van der Waals surface area contributed by atoms with Gasteiger partial charge in [-0.3, -0.25) is 9.59 Å². The summed E-state index contributed by atoms with van der Waals surface area (Å²) in [7, 11) is 0. The van der Waals surface area contributed by atoms with Gasteiger partial charge in [0.25, 0.3) is 0 Å². The van der Waals surface area contributed by atoms with Crippen LogP contribution in [0.2, 0.25) is 0 Å². The number of aromatic nitrogens is 2. The lowest BCUT2D eigenvalue weighted by atomic mass is 9.65. The van der Waals surface area contributed by atoms with Crippen LogP contribution in [0.5, 0.6) is 0 Å². The molecule has 3 aliphatic rings. The van der Waals surface area contributed by atoms with Crippen molar-refractivity contribution in [2.75, 3.05) is 26.2 Å². The van der Waals surface area contributed by atoms with Crippen LogP contribution in [0.3, 0.4) is 0 Å². The van der Waals surface area contributed by atoms with Crippen LogP contribution < -0.4 is 5.32 Å². The van der Waals surface area contributed by atoms with Gasteiger partial charge in [-0.2, -0.15) is 10.3 Å². The molecule has 0 spiro atoms. The van der Waals surface area contributed by atoms with Gasteiger partial charge in [0, 0.05) is 57.2 Å². The maximum Gasteiger partial charge on any atom is 0.223 e. The van der Waals surface area contributed by atoms with Gasteiger partial charge in [0.05, 0.1) is 17.4 Å². The molecule has 1 N–H and O–H groups in total. The number of aliphatic imine (C=N–C) groups is 1. The van der Waals surface area contributed by atoms with Crippen LogP contribution in [0, 0.1) is 28.2 Å². The van der Waals surface area contributed by atoms with E-state index in [4.69, 9.17) is 0 Å². The van der Waals surface area contributed by atoms with Gasteiger partial charge in [-0.1, -0.05) is 20.8 Å². The van der Waals surface area contributed by atoms with Gasteiger partial charge in [-0.05, 0) is 61.1 Å². The number of benzene rings is 1. The molecule has 3 fully saturated rings. The topological polar surface area (TPSA) is 107 Å². The number of nitrogens with zero attached hydrogens (tertiary/aromatic N) is 6. The maximum absolute atomic E-state index is 12.6. The monoisotopic (exact) mass is 517 g/mol. The Kier molecular flexibility index (Phi) is 6.93. The zero-order valence-corrected chi connectivity index (χ0v) is 23.0. The third-order valence-corrected chi connectivity index (χ3v) is 8.69. The number of amidine groups is 1. The van der Waals surface area contributed by atoms with E-state index in [9.17, 15) is 14.9 Å². The maximum atomic E-state index is 12.6. The zero-order chi connectivity index (χ0) is 27.1. The summed E-state index contributed by atoms with van der Waals surface area (Å²) in [6.07, 6.45) is 8.70. The number of nitrogens with one attached hydrogen (secondary N) is 1. The average Bonchev–Trinajstić information content (AvgIpc) is 3.38. The first kappa shape index (κ1) is 26.2. The summed E-state index contributed by atoms with van der Waals surface area (Å²) in [4.78, 5) is 37.2. The number of carbonyl (C=O) groups excluding carboxylic acids is 2. The molecule has 38 heavy (non-hydrogen) atoms. The van der Waals surface area contributed by atoms with Crippen molar-refractivity contribution in [2.24, 2.45) is 21.7 Å². The first-order valence-electron chi connectivity index (χ1n) is 13.8. The molecule has 1 aliphatic carbocycles. The van der Waals surface area contributed by atoms with Crippen LogP contribution >= 0.6 is 0 Å². The fourth-order valence-corrected chi connectivity index (χ4v) is 7.33. The molecular formula is C29H39N7O2. The minimum atomic E-state index is -0.0385. The molecule has 9 heteroatoms. The molecule has 2 saturated heterocycles. The molecule has 2 atom stereocenters. The van der Waals surface area contributed by atoms with Crippen molar-refractivity contribution in [2.45, 2.75) is 72.4 Å². The number of carbonyl (C=O) groups is 2. The predicted octanol–water partition coefficient (Wildman–Crippen LogP) is 3.54. The molecule has 2 amide bonds. The summed E-state index contributed by atoms with van der Waals surface area (Å²) in [5.41, 5.74) is 3.28. The van der Waals surface area contributed by atoms with E-state index in [0.29, 0.717) is 45.1 Å². The van der Waals surface area contributed by atoms with Crippen molar-refractivity contribution in [3.63, 3.8) is 0 Å². The molecule has 1 aromatic carbocycles. The van der Waals surface area contributed by atoms with Crippen LogP contribution in [0.15, 0.2) is 29.5 Å². The minimum Gasteiger partial charge on any atom is -0.354 e. The number of imidazole rings is 1. The number of hydrogen-bond acceptors (Lipinski definition) is 5. The number of rotatable bonds is 5. The molecular weight excluding hydrogens is 478 g/mol. The fraction of sp³-hybridized carbons (Fsp3) is 0.621. The lowest BCUT2D eigenvalue weighted by Gasteiger charge is -2.39. The molecule has 1 saturated carbocycles. The lowest BCUT2D eigenvalue weighted by molar-refractivity contribution is -0.133. The van der Waals surface area contributed by atoms with Crippen molar-refractivity contribution in [1.82, 2.24) is 24.7 Å². The van der Waals surface area contributed by atoms with Gasteiger partial charge in [0.2, 0.25) is 18.0 Å². The molecule has 1 aromatic heterocycles. The summed E-state index contributed by atoms with van der Waals surface area (Å²) in [5.74, 6) is 0.846. The van der Waals surface area contributed by atoms with E-state index in [1.165, 1.54) is 6.42 Å². The van der Waals surface area contributed by atoms with Crippen LogP contribution in [0.4, 0.5) is 0 Å². The summed E-state index contributed by atoms with van der Waals surface area (Å²) >= 11 is 0. The Morgan fingerprint density at radius 3 is 2.68 bits per heavy atom. The Morgan fingerprint density at radius 2 is 1.97 bits per heavy atom. The molecule has 202 valence electrons. The SMILES string of the molecule is CC(=O)N1CCC(C(=O)NCCn2cnc3cc(C(=NC#N)N4CC5(C)CC4CC(C)(C)C5)ccc32)CC1. The van der Waals surface area contributed by atoms with E-state index >= 15 is 0 Å². The van der Waals surface area contributed by atoms with Gasteiger partial charge >= 0.3 is 0 Å². The molecule has 3 heterocycles. The summed E-state index contributed by atoms with van der Waals surface area (Å²) < 4.78 is 2.05. The standard InChI is InChI=1S/C29H39N7O2/c1-20(37)34-10-7-21(8-11-34)27(38)31-9-12-35-19-33-24-13-22(5-6-25(24)35)26(32-18-30)36-17-29(4)15-23(36)14-28(2,3)16-29/h5-6,13,19,21,23H,7-12,14-17H2,1-4H3,(H,31,38). The summed E-state index contributed by atoms with van der Waals surface area (Å²) in [5, 5.41) is 12.6. The number of piperidine rings is 1. The van der Waals surface area contributed by atoms with Gasteiger partial charge < -0.3 is 19.7 Å². The first-order chi connectivity index (χ1) is 18.1. The Labute approximate surface area is 224 Å². The molecule has 9 nitrogen and oxygen atoms in total. The van der Waals surface area contributed by atoms with Crippen LogP contribution in [0.25, 0.3) is 11.0 Å². The predicted molar refractivity (Wildman–Crippen MR) is 146 cm³/mol. The fourth-order valence-electron chi connectivity index (χ4n) is 7.33. The molecule has 2 aromatic rings. The lowest BCUT2D eigenvalue weighted by Crippen LogP contribution is -2.42. The zero-order valence-electron chi connectivity index (χ0n) is 23.0. The third kappa shape index (κ3) is 5.27. The number of likely N-dealkylation sites (tertiary alicyclic amines) is 2. The minimum absolute atomic E-state index is 0.0385. The first-order valence-corrected chi connectivity index (χ1v) is 13.8. The van der Waals surface area contributed by atoms with Gasteiger partial charge in [-0.15, -0.1) is 0 Å². The van der Waals surface area contributed by atoms with E-state index in [1.54, 1.807) is 18.2 Å². The van der Waals surface area contributed by atoms with E-state index in [2.05, 4.69) is 41.0 Å².